The zero-order valence-corrected chi connectivity index (χ0v) is 30.7. The minimum atomic E-state index is -0.0999. The van der Waals surface area contributed by atoms with Gasteiger partial charge in [0.2, 0.25) is 0 Å². The van der Waals surface area contributed by atoms with E-state index >= 15 is 0 Å². The number of hydrogen-bond donors (Lipinski definition) is 0. The number of fused-ring (bicyclic) bond motifs is 5. The third kappa shape index (κ3) is 5.31. The summed E-state index contributed by atoms with van der Waals surface area (Å²) in [6.45, 7) is 4.74. The van der Waals surface area contributed by atoms with E-state index in [9.17, 15) is 0 Å². The highest BCUT2D eigenvalue weighted by molar-refractivity contribution is 6.14. The summed E-state index contributed by atoms with van der Waals surface area (Å²) in [6.07, 6.45) is 8.10. The molecule has 2 aliphatic rings. The Morgan fingerprint density at radius 2 is 1.09 bits per heavy atom. The maximum atomic E-state index is 2.48. The molecule has 1 atom stereocenters. The Balaban J connectivity index is 1.18. The average Bonchev–Trinajstić information content (AvgIpc) is 3.46. The molecule has 0 saturated heterocycles. The van der Waals surface area contributed by atoms with Crippen LogP contribution in [0.3, 0.4) is 0 Å². The van der Waals surface area contributed by atoms with Crippen LogP contribution in [-0.2, 0) is 5.41 Å². The van der Waals surface area contributed by atoms with Crippen LogP contribution in [0.2, 0.25) is 0 Å². The number of hydrogen-bond acceptors (Lipinski definition) is 1. The van der Waals surface area contributed by atoms with Gasteiger partial charge in [-0.15, -0.1) is 0 Å². The second-order valence-corrected chi connectivity index (χ2v) is 15.3. The molecular weight excluding hydrogens is 651 g/mol. The van der Waals surface area contributed by atoms with Crippen molar-refractivity contribution < 1.29 is 0 Å². The fourth-order valence-corrected chi connectivity index (χ4v) is 9.05. The van der Waals surface area contributed by atoms with Crippen molar-refractivity contribution in [2.75, 3.05) is 4.90 Å². The third-order valence-corrected chi connectivity index (χ3v) is 11.8. The van der Waals surface area contributed by atoms with Gasteiger partial charge in [0.05, 0.1) is 0 Å². The topological polar surface area (TPSA) is 3.24 Å². The van der Waals surface area contributed by atoms with E-state index in [-0.39, 0.29) is 5.41 Å². The van der Waals surface area contributed by atoms with Gasteiger partial charge in [0.1, 0.15) is 0 Å². The summed E-state index contributed by atoms with van der Waals surface area (Å²) in [4.78, 5) is 2.48. The van der Waals surface area contributed by atoms with E-state index in [4.69, 9.17) is 0 Å². The molecule has 0 aromatic heterocycles. The van der Waals surface area contributed by atoms with Crippen molar-refractivity contribution in [2.24, 2.45) is 0 Å². The van der Waals surface area contributed by atoms with Crippen LogP contribution in [-0.4, -0.2) is 0 Å². The molecule has 8 aromatic rings. The monoisotopic (exact) mass is 691 g/mol. The largest absolute Gasteiger partial charge is 0.311 e. The van der Waals surface area contributed by atoms with E-state index < -0.39 is 0 Å². The molecule has 1 unspecified atom stereocenters. The van der Waals surface area contributed by atoms with E-state index in [1.165, 1.54) is 83.0 Å². The lowest BCUT2D eigenvalue weighted by Crippen LogP contribution is -2.19. The molecule has 0 heterocycles. The van der Waals surface area contributed by atoms with Crippen molar-refractivity contribution in [1.82, 2.24) is 0 Å². The summed E-state index contributed by atoms with van der Waals surface area (Å²) in [5.41, 5.74) is 15.1. The molecular formula is C53H41N. The Morgan fingerprint density at radius 3 is 1.80 bits per heavy atom. The van der Waals surface area contributed by atoms with Crippen molar-refractivity contribution in [3.05, 3.63) is 217 Å². The minimum Gasteiger partial charge on any atom is -0.311 e. The molecule has 1 nitrogen and oxygen atoms in total. The number of nitrogens with zero attached hydrogens (tertiary/aromatic N) is 1. The lowest BCUT2D eigenvalue weighted by molar-refractivity contribution is 0.660. The number of anilines is 2. The van der Waals surface area contributed by atoms with Crippen LogP contribution in [0.5, 0.6) is 0 Å². The standard InChI is InChI=1S/C53H41N/c1-53(2)50-24-14-13-23-46(50)47-31-29-43(35-51(47)53)54(41-27-25-37(26-28-41)36-15-5-3-6-16-36)42-30-32-48(49(34-42)38-17-7-4-8-18-38)52-44-21-11-9-19-39(44)33-40-20-10-12-22-45(40)52/h3-25,27-35,37H,26H2,1-2H3. The predicted molar refractivity (Wildman–Crippen MR) is 229 cm³/mol. The van der Waals surface area contributed by atoms with E-state index in [1.807, 2.05) is 0 Å². The highest BCUT2D eigenvalue weighted by Gasteiger charge is 2.36. The Kier molecular flexibility index (Phi) is 7.70. The summed E-state index contributed by atoms with van der Waals surface area (Å²) < 4.78 is 0. The van der Waals surface area contributed by atoms with Gasteiger partial charge in [-0.1, -0.05) is 172 Å². The van der Waals surface area contributed by atoms with Gasteiger partial charge in [-0.3, -0.25) is 0 Å². The Hall–Kier alpha value is -6.44. The van der Waals surface area contributed by atoms with Gasteiger partial charge in [0, 0.05) is 28.4 Å². The minimum absolute atomic E-state index is 0.0999. The van der Waals surface area contributed by atoms with Crippen molar-refractivity contribution in [3.63, 3.8) is 0 Å². The maximum Gasteiger partial charge on any atom is 0.0468 e. The SMILES string of the molecule is CC1(C)c2ccccc2-c2ccc(N(C3=CCC(c4ccccc4)C=C3)c3ccc(-c4c5ccccc5cc5ccccc45)c(-c4ccccc4)c3)cc21. The highest BCUT2D eigenvalue weighted by Crippen LogP contribution is 2.51. The van der Waals surface area contributed by atoms with Crippen molar-refractivity contribution in [1.29, 1.82) is 0 Å². The molecule has 0 N–H and O–H groups in total. The zero-order valence-electron chi connectivity index (χ0n) is 30.7. The van der Waals surface area contributed by atoms with E-state index in [2.05, 4.69) is 213 Å². The van der Waals surface area contributed by atoms with Crippen molar-refractivity contribution >= 4 is 32.9 Å². The molecule has 2 aliphatic carbocycles. The van der Waals surface area contributed by atoms with E-state index in [1.54, 1.807) is 0 Å². The smallest absolute Gasteiger partial charge is 0.0468 e. The fourth-order valence-electron chi connectivity index (χ4n) is 9.05. The Bertz CT molecular complexity index is 2710. The zero-order chi connectivity index (χ0) is 36.2. The summed E-state index contributed by atoms with van der Waals surface area (Å²) in [5, 5.41) is 5.04. The molecule has 10 rings (SSSR count). The van der Waals surface area contributed by atoms with Crippen LogP contribution in [0.25, 0.3) is 54.9 Å². The van der Waals surface area contributed by atoms with Crippen molar-refractivity contribution in [2.45, 2.75) is 31.6 Å². The maximum absolute atomic E-state index is 2.48. The molecule has 0 radical (unpaired) electrons. The van der Waals surface area contributed by atoms with E-state index in [0.717, 1.165) is 12.1 Å². The van der Waals surface area contributed by atoms with Gasteiger partial charge in [-0.2, -0.15) is 0 Å². The molecule has 0 spiro atoms. The lowest BCUT2D eigenvalue weighted by atomic mass is 9.82. The van der Waals surface area contributed by atoms with E-state index in [0.29, 0.717) is 5.92 Å². The normalized spacial score (nSPS) is 15.5. The van der Waals surface area contributed by atoms with Gasteiger partial charge in [0.15, 0.2) is 0 Å². The average molecular weight is 692 g/mol. The summed E-state index contributed by atoms with van der Waals surface area (Å²) >= 11 is 0. The van der Waals surface area contributed by atoms with Gasteiger partial charge < -0.3 is 4.90 Å². The first-order valence-corrected chi connectivity index (χ1v) is 19.1. The first-order chi connectivity index (χ1) is 26.5. The molecule has 1 heteroatoms. The second-order valence-electron chi connectivity index (χ2n) is 15.3. The lowest BCUT2D eigenvalue weighted by Gasteiger charge is -2.31. The molecule has 0 fully saturated rings. The quantitative estimate of drug-likeness (QED) is 0.157. The number of rotatable bonds is 6. The van der Waals surface area contributed by atoms with Gasteiger partial charge >= 0.3 is 0 Å². The summed E-state index contributed by atoms with van der Waals surface area (Å²) in [7, 11) is 0. The van der Waals surface area contributed by atoms with Crippen molar-refractivity contribution in [3.8, 4) is 33.4 Å². The number of allylic oxidation sites excluding steroid dienone is 3. The third-order valence-electron chi connectivity index (χ3n) is 11.8. The van der Waals surface area contributed by atoms with Gasteiger partial charge in [0.25, 0.3) is 0 Å². The number of benzene rings is 8. The highest BCUT2D eigenvalue weighted by atomic mass is 15.1. The molecule has 258 valence electrons. The van der Waals surface area contributed by atoms with Crippen LogP contribution in [0, 0.1) is 0 Å². The second kappa shape index (κ2) is 12.9. The Labute approximate surface area is 318 Å². The molecule has 0 aliphatic heterocycles. The summed E-state index contributed by atoms with van der Waals surface area (Å²) in [5.74, 6) is 0.354. The Morgan fingerprint density at radius 1 is 0.500 bits per heavy atom. The van der Waals surface area contributed by atoms with Crippen LogP contribution in [0.1, 0.15) is 42.9 Å². The van der Waals surface area contributed by atoms with Crippen LogP contribution in [0.15, 0.2) is 200 Å². The molecule has 0 amide bonds. The molecule has 8 aromatic carbocycles. The van der Waals surface area contributed by atoms with Crippen LogP contribution >= 0.6 is 0 Å². The predicted octanol–water partition coefficient (Wildman–Crippen LogP) is 14.4. The molecule has 54 heavy (non-hydrogen) atoms. The van der Waals surface area contributed by atoms with Crippen LogP contribution < -0.4 is 4.90 Å². The fraction of sp³-hybridized carbons (Fsp3) is 0.0943. The summed E-state index contributed by atoms with van der Waals surface area (Å²) in [6, 6.07) is 64.9. The van der Waals surface area contributed by atoms with Gasteiger partial charge in [-0.05, 0) is 114 Å². The first kappa shape index (κ1) is 32.2. The molecule has 0 bridgehead atoms. The van der Waals surface area contributed by atoms with Gasteiger partial charge in [-0.25, -0.2) is 0 Å². The molecule has 0 saturated carbocycles. The first-order valence-electron chi connectivity index (χ1n) is 19.1. The van der Waals surface area contributed by atoms with Crippen LogP contribution in [0.4, 0.5) is 11.4 Å².